The second-order valence-corrected chi connectivity index (χ2v) is 5.51. The Morgan fingerprint density at radius 3 is 3.05 bits per heavy atom. The van der Waals surface area contributed by atoms with Gasteiger partial charge in [-0.15, -0.1) is 5.10 Å². The van der Waals surface area contributed by atoms with Crippen LogP contribution in [0.5, 0.6) is 0 Å². The third kappa shape index (κ3) is 3.30. The van der Waals surface area contributed by atoms with Gasteiger partial charge in [0.2, 0.25) is 0 Å². The Bertz CT molecular complexity index is 647. The number of carbonyl (C=O) groups is 1. The van der Waals surface area contributed by atoms with E-state index in [-0.39, 0.29) is 5.91 Å². The monoisotopic (exact) mass is 300 g/mol. The lowest BCUT2D eigenvalue weighted by molar-refractivity contribution is 0.0945. The number of hydrogen-bond donors (Lipinski definition) is 2. The quantitative estimate of drug-likeness (QED) is 0.874. The Labute approximate surface area is 129 Å². The molecule has 0 spiro atoms. The van der Waals surface area contributed by atoms with Crippen molar-refractivity contribution >= 4 is 5.91 Å². The predicted octanol–water partition coefficient (Wildman–Crippen LogP) is 0.836. The van der Waals surface area contributed by atoms with Crippen molar-refractivity contribution in [2.24, 2.45) is 0 Å². The van der Waals surface area contributed by atoms with Crippen LogP contribution in [0.3, 0.4) is 0 Å². The molecule has 3 rings (SSSR count). The molecule has 0 radical (unpaired) electrons. The Kier molecular flexibility index (Phi) is 4.43. The zero-order chi connectivity index (χ0) is 15.4. The lowest BCUT2D eigenvalue weighted by atomic mass is 10.1. The molecule has 0 aromatic carbocycles. The van der Waals surface area contributed by atoms with Gasteiger partial charge in [-0.2, -0.15) is 0 Å². The summed E-state index contributed by atoms with van der Waals surface area (Å²) in [6.07, 6.45) is 5.48. The maximum Gasteiger partial charge on any atom is 0.273 e. The maximum absolute atomic E-state index is 12.2. The zero-order valence-electron chi connectivity index (χ0n) is 12.6. The van der Waals surface area contributed by atoms with E-state index in [1.807, 2.05) is 23.7 Å². The van der Waals surface area contributed by atoms with Crippen LogP contribution in [0.15, 0.2) is 24.5 Å². The van der Waals surface area contributed by atoms with Gasteiger partial charge < -0.3 is 10.6 Å². The molecule has 0 bridgehead atoms. The molecule has 0 unspecified atom stereocenters. The summed E-state index contributed by atoms with van der Waals surface area (Å²) in [7, 11) is 0. The molecule has 3 heterocycles. The molecule has 7 nitrogen and oxygen atoms in total. The number of aromatic nitrogens is 4. The molecule has 1 saturated heterocycles. The topological polar surface area (TPSA) is 84.7 Å². The molecular weight excluding hydrogens is 280 g/mol. The first-order valence-electron chi connectivity index (χ1n) is 7.55. The largest absolute Gasteiger partial charge is 0.345 e. The minimum Gasteiger partial charge on any atom is -0.345 e. The summed E-state index contributed by atoms with van der Waals surface area (Å²) in [6, 6.07) is 4.18. The number of nitrogens with zero attached hydrogens (tertiary/aromatic N) is 4. The number of nitrogens with one attached hydrogen (secondary N) is 2. The summed E-state index contributed by atoms with van der Waals surface area (Å²) in [6.45, 7) is 4.32. The van der Waals surface area contributed by atoms with E-state index in [9.17, 15) is 4.79 Å². The van der Waals surface area contributed by atoms with E-state index in [1.165, 1.54) is 0 Å². The third-order valence-corrected chi connectivity index (χ3v) is 3.96. The van der Waals surface area contributed by atoms with Crippen molar-refractivity contribution in [2.45, 2.75) is 32.4 Å². The average molecular weight is 300 g/mol. The van der Waals surface area contributed by atoms with Gasteiger partial charge in [-0.25, -0.2) is 4.68 Å². The summed E-state index contributed by atoms with van der Waals surface area (Å²) in [5.41, 5.74) is 2.27. The van der Waals surface area contributed by atoms with Gasteiger partial charge in [-0.1, -0.05) is 11.3 Å². The van der Waals surface area contributed by atoms with Crippen LogP contribution in [0.1, 0.15) is 40.6 Å². The number of piperidine rings is 1. The smallest absolute Gasteiger partial charge is 0.273 e. The van der Waals surface area contributed by atoms with Crippen LogP contribution in [-0.2, 0) is 6.54 Å². The van der Waals surface area contributed by atoms with Crippen molar-refractivity contribution in [1.29, 1.82) is 0 Å². The van der Waals surface area contributed by atoms with Gasteiger partial charge in [0.05, 0.1) is 24.5 Å². The standard InChI is InChI=1S/C15H20N6O/c1-11-3-2-6-17-13(11)9-18-15(22)14-10-21(20-19-14)12-4-7-16-8-5-12/h2-3,6,10,12,16H,4-5,7-9H2,1H3,(H,18,22). The molecule has 1 aliphatic heterocycles. The first kappa shape index (κ1) is 14.6. The third-order valence-electron chi connectivity index (χ3n) is 3.96. The van der Waals surface area contributed by atoms with Crippen molar-refractivity contribution < 1.29 is 4.79 Å². The maximum atomic E-state index is 12.2. The Hall–Kier alpha value is -2.28. The second kappa shape index (κ2) is 6.65. The minimum absolute atomic E-state index is 0.217. The molecule has 2 N–H and O–H groups in total. The summed E-state index contributed by atoms with van der Waals surface area (Å²) in [5, 5.41) is 14.2. The number of aryl methyl sites for hydroxylation is 1. The highest BCUT2D eigenvalue weighted by Gasteiger charge is 2.18. The van der Waals surface area contributed by atoms with Gasteiger partial charge in [0.25, 0.3) is 5.91 Å². The van der Waals surface area contributed by atoms with Crippen LogP contribution in [-0.4, -0.2) is 39.0 Å². The second-order valence-electron chi connectivity index (χ2n) is 5.51. The van der Waals surface area contributed by atoms with Crippen LogP contribution < -0.4 is 10.6 Å². The van der Waals surface area contributed by atoms with Gasteiger partial charge in [-0.05, 0) is 44.5 Å². The molecule has 0 saturated carbocycles. The van der Waals surface area contributed by atoms with Crippen molar-refractivity contribution in [2.75, 3.05) is 13.1 Å². The fraction of sp³-hybridized carbons (Fsp3) is 0.467. The van der Waals surface area contributed by atoms with Crippen molar-refractivity contribution in [3.05, 3.63) is 41.5 Å². The van der Waals surface area contributed by atoms with Crippen LogP contribution in [0.4, 0.5) is 0 Å². The summed E-state index contributed by atoms with van der Waals surface area (Å²) >= 11 is 0. The first-order chi connectivity index (χ1) is 10.7. The normalized spacial score (nSPS) is 15.7. The van der Waals surface area contributed by atoms with Gasteiger partial charge >= 0.3 is 0 Å². The van der Waals surface area contributed by atoms with Crippen LogP contribution >= 0.6 is 0 Å². The van der Waals surface area contributed by atoms with Crippen molar-refractivity contribution in [3.8, 4) is 0 Å². The molecule has 1 aliphatic rings. The fourth-order valence-corrected chi connectivity index (χ4v) is 2.59. The molecule has 1 amide bonds. The van der Waals surface area contributed by atoms with E-state index in [0.717, 1.165) is 37.2 Å². The van der Waals surface area contributed by atoms with Crippen LogP contribution in [0.2, 0.25) is 0 Å². The van der Waals surface area contributed by atoms with E-state index >= 15 is 0 Å². The zero-order valence-corrected chi connectivity index (χ0v) is 12.6. The summed E-state index contributed by atoms with van der Waals surface area (Å²) in [5.74, 6) is -0.217. The highest BCUT2D eigenvalue weighted by molar-refractivity contribution is 5.91. The highest BCUT2D eigenvalue weighted by atomic mass is 16.2. The van der Waals surface area contributed by atoms with Crippen molar-refractivity contribution in [3.63, 3.8) is 0 Å². The number of amides is 1. The molecule has 7 heteroatoms. The Morgan fingerprint density at radius 2 is 2.27 bits per heavy atom. The van der Waals surface area contributed by atoms with E-state index in [2.05, 4.69) is 25.9 Å². The van der Waals surface area contributed by atoms with E-state index in [0.29, 0.717) is 18.3 Å². The molecule has 22 heavy (non-hydrogen) atoms. The lowest BCUT2D eigenvalue weighted by Crippen LogP contribution is -2.29. The summed E-state index contributed by atoms with van der Waals surface area (Å²) in [4.78, 5) is 16.4. The predicted molar refractivity (Wildman–Crippen MR) is 81.3 cm³/mol. The minimum atomic E-state index is -0.217. The molecule has 116 valence electrons. The number of hydrogen-bond acceptors (Lipinski definition) is 5. The van der Waals surface area contributed by atoms with Gasteiger partial charge in [0, 0.05) is 6.20 Å². The number of carbonyl (C=O) groups excluding carboxylic acids is 1. The van der Waals surface area contributed by atoms with E-state index in [1.54, 1.807) is 12.4 Å². The molecule has 1 fully saturated rings. The number of rotatable bonds is 4. The van der Waals surface area contributed by atoms with E-state index < -0.39 is 0 Å². The van der Waals surface area contributed by atoms with Crippen LogP contribution in [0, 0.1) is 6.92 Å². The highest BCUT2D eigenvalue weighted by Crippen LogP contribution is 2.17. The SMILES string of the molecule is Cc1cccnc1CNC(=O)c1cn(C2CCNCC2)nn1. The lowest BCUT2D eigenvalue weighted by Gasteiger charge is -2.22. The average Bonchev–Trinajstić information content (AvgIpc) is 3.05. The van der Waals surface area contributed by atoms with Gasteiger partial charge in [0.1, 0.15) is 0 Å². The van der Waals surface area contributed by atoms with Crippen LogP contribution in [0.25, 0.3) is 0 Å². The molecule has 0 atom stereocenters. The summed E-state index contributed by atoms with van der Waals surface area (Å²) < 4.78 is 1.81. The fourth-order valence-electron chi connectivity index (χ4n) is 2.59. The number of pyridine rings is 1. The Morgan fingerprint density at radius 1 is 1.45 bits per heavy atom. The molecular formula is C15H20N6O. The van der Waals surface area contributed by atoms with Gasteiger partial charge in [0.15, 0.2) is 5.69 Å². The molecule has 0 aliphatic carbocycles. The van der Waals surface area contributed by atoms with E-state index in [4.69, 9.17) is 0 Å². The molecule has 2 aromatic rings. The molecule has 2 aromatic heterocycles. The Balaban J connectivity index is 1.61. The van der Waals surface area contributed by atoms with Gasteiger partial charge in [-0.3, -0.25) is 9.78 Å². The van der Waals surface area contributed by atoms with Crippen molar-refractivity contribution in [1.82, 2.24) is 30.6 Å². The first-order valence-corrected chi connectivity index (χ1v) is 7.55.